The van der Waals surface area contributed by atoms with Crippen LogP contribution in [-0.4, -0.2) is 48.9 Å². The lowest BCUT2D eigenvalue weighted by atomic mass is 10.1. The molecule has 1 aliphatic rings. The summed E-state index contributed by atoms with van der Waals surface area (Å²) in [7, 11) is 0. The molecule has 1 amide bonds. The van der Waals surface area contributed by atoms with Gasteiger partial charge in [0.1, 0.15) is 29.2 Å². The SMILES string of the molecule is CC(C)(C)OC(=O)N1CCCC1Cn1nc(-c2ccc(Oc3cccc(F)c3F)cc2)c2c(N)ncnc21. The van der Waals surface area contributed by atoms with E-state index in [-0.39, 0.29) is 23.7 Å². The highest BCUT2D eigenvalue weighted by atomic mass is 19.2. The summed E-state index contributed by atoms with van der Waals surface area (Å²) in [5.41, 5.74) is 7.46. The van der Waals surface area contributed by atoms with Crippen molar-refractivity contribution < 1.29 is 23.0 Å². The van der Waals surface area contributed by atoms with E-state index in [9.17, 15) is 13.6 Å². The number of rotatable bonds is 5. The highest BCUT2D eigenvalue weighted by Crippen LogP contribution is 2.33. The lowest BCUT2D eigenvalue weighted by Crippen LogP contribution is -2.41. The summed E-state index contributed by atoms with van der Waals surface area (Å²) in [4.78, 5) is 23.1. The van der Waals surface area contributed by atoms with Gasteiger partial charge in [0.15, 0.2) is 17.2 Å². The van der Waals surface area contributed by atoms with Crippen LogP contribution in [0.1, 0.15) is 33.6 Å². The Kier molecular flexibility index (Phi) is 6.60. The van der Waals surface area contributed by atoms with Gasteiger partial charge in [-0.05, 0) is 70.0 Å². The van der Waals surface area contributed by atoms with Crippen molar-refractivity contribution in [2.75, 3.05) is 12.3 Å². The Balaban J connectivity index is 1.43. The molecule has 2 aromatic heterocycles. The number of hydrogen-bond donors (Lipinski definition) is 1. The van der Waals surface area contributed by atoms with Gasteiger partial charge >= 0.3 is 6.09 Å². The molecular formula is C27H28F2N6O3. The van der Waals surface area contributed by atoms with Crippen molar-refractivity contribution in [3.05, 3.63) is 60.4 Å². The lowest BCUT2D eigenvalue weighted by Gasteiger charge is -2.28. The molecule has 0 spiro atoms. The van der Waals surface area contributed by atoms with Crippen LogP contribution in [0.4, 0.5) is 19.4 Å². The molecule has 2 N–H and O–H groups in total. The zero-order chi connectivity index (χ0) is 27.0. The Morgan fingerprint density at radius 2 is 1.89 bits per heavy atom. The van der Waals surface area contributed by atoms with Gasteiger partial charge in [-0.1, -0.05) is 6.07 Å². The van der Waals surface area contributed by atoms with Crippen molar-refractivity contribution in [1.82, 2.24) is 24.6 Å². The summed E-state index contributed by atoms with van der Waals surface area (Å²) in [6.45, 7) is 6.54. The number of fused-ring (bicyclic) bond motifs is 1. The number of nitrogens with zero attached hydrogens (tertiary/aromatic N) is 5. The van der Waals surface area contributed by atoms with E-state index in [1.807, 2.05) is 20.8 Å². The van der Waals surface area contributed by atoms with E-state index in [0.29, 0.717) is 41.1 Å². The molecule has 1 fully saturated rings. The number of hydrogen-bond acceptors (Lipinski definition) is 7. The van der Waals surface area contributed by atoms with Crippen LogP contribution >= 0.6 is 0 Å². The summed E-state index contributed by atoms with van der Waals surface area (Å²) in [5.74, 6) is -1.66. The first-order valence-electron chi connectivity index (χ1n) is 12.3. The highest BCUT2D eigenvalue weighted by molar-refractivity contribution is 5.98. The van der Waals surface area contributed by atoms with E-state index in [1.54, 1.807) is 33.8 Å². The first-order chi connectivity index (χ1) is 18.1. The van der Waals surface area contributed by atoms with Crippen LogP contribution in [0, 0.1) is 11.6 Å². The minimum Gasteiger partial charge on any atom is -0.454 e. The largest absolute Gasteiger partial charge is 0.454 e. The quantitative estimate of drug-likeness (QED) is 0.366. The molecule has 4 aromatic rings. The van der Waals surface area contributed by atoms with E-state index >= 15 is 0 Å². The number of carbonyl (C=O) groups excluding carboxylic acids is 1. The van der Waals surface area contributed by atoms with Crippen molar-refractivity contribution in [2.45, 2.75) is 51.8 Å². The van der Waals surface area contributed by atoms with Crippen LogP contribution in [0.2, 0.25) is 0 Å². The molecule has 1 unspecified atom stereocenters. The maximum Gasteiger partial charge on any atom is 0.410 e. The number of ether oxygens (including phenoxy) is 2. The third-order valence-corrected chi connectivity index (χ3v) is 6.22. The molecule has 0 bridgehead atoms. The molecule has 0 radical (unpaired) electrons. The molecule has 0 saturated carbocycles. The first kappa shape index (κ1) is 25.4. The maximum absolute atomic E-state index is 14.0. The van der Waals surface area contributed by atoms with Gasteiger partial charge in [-0.15, -0.1) is 0 Å². The highest BCUT2D eigenvalue weighted by Gasteiger charge is 2.33. The minimum absolute atomic E-state index is 0.117. The van der Waals surface area contributed by atoms with Crippen LogP contribution in [0.5, 0.6) is 11.5 Å². The average molecular weight is 523 g/mol. The molecule has 38 heavy (non-hydrogen) atoms. The molecule has 11 heteroatoms. The molecule has 5 rings (SSSR count). The average Bonchev–Trinajstić information content (AvgIpc) is 3.48. The van der Waals surface area contributed by atoms with Gasteiger partial charge < -0.3 is 20.1 Å². The van der Waals surface area contributed by atoms with Crippen LogP contribution in [0.3, 0.4) is 0 Å². The Bertz CT molecular complexity index is 1480. The van der Waals surface area contributed by atoms with Crippen molar-refractivity contribution in [1.29, 1.82) is 0 Å². The first-order valence-corrected chi connectivity index (χ1v) is 12.3. The summed E-state index contributed by atoms with van der Waals surface area (Å²) in [6, 6.07) is 10.4. The van der Waals surface area contributed by atoms with E-state index in [1.165, 1.54) is 18.5 Å². The maximum atomic E-state index is 14.0. The molecule has 3 heterocycles. The topological polar surface area (TPSA) is 108 Å². The molecule has 2 aromatic carbocycles. The predicted molar refractivity (Wildman–Crippen MR) is 138 cm³/mol. The normalized spacial score (nSPS) is 15.7. The Labute approximate surface area is 218 Å². The van der Waals surface area contributed by atoms with Gasteiger partial charge in [0, 0.05) is 12.1 Å². The minimum atomic E-state index is -1.06. The van der Waals surface area contributed by atoms with Crippen LogP contribution in [0.25, 0.3) is 22.3 Å². The number of benzene rings is 2. The third kappa shape index (κ3) is 5.09. The van der Waals surface area contributed by atoms with Crippen LogP contribution in [0.15, 0.2) is 48.8 Å². The number of carbonyl (C=O) groups is 1. The predicted octanol–water partition coefficient (Wildman–Crippen LogP) is 5.55. The summed E-state index contributed by atoms with van der Waals surface area (Å²) >= 11 is 0. The molecule has 198 valence electrons. The van der Waals surface area contributed by atoms with Crippen molar-refractivity contribution >= 4 is 22.9 Å². The van der Waals surface area contributed by atoms with Gasteiger partial charge in [0.05, 0.1) is 18.0 Å². The number of aromatic nitrogens is 4. The van der Waals surface area contributed by atoms with E-state index < -0.39 is 17.2 Å². The number of anilines is 1. The van der Waals surface area contributed by atoms with Gasteiger partial charge in [-0.3, -0.25) is 0 Å². The second-order valence-corrected chi connectivity index (χ2v) is 10.1. The van der Waals surface area contributed by atoms with E-state index in [4.69, 9.17) is 20.3 Å². The van der Waals surface area contributed by atoms with Gasteiger partial charge in [-0.2, -0.15) is 9.49 Å². The van der Waals surface area contributed by atoms with Gasteiger partial charge in [-0.25, -0.2) is 23.8 Å². The summed E-state index contributed by atoms with van der Waals surface area (Å²) < 4.78 is 40.4. The smallest absolute Gasteiger partial charge is 0.410 e. The van der Waals surface area contributed by atoms with E-state index in [2.05, 4.69) is 9.97 Å². The van der Waals surface area contributed by atoms with E-state index in [0.717, 1.165) is 18.9 Å². The molecule has 1 saturated heterocycles. The number of halogens is 2. The van der Waals surface area contributed by atoms with Crippen molar-refractivity contribution in [3.8, 4) is 22.8 Å². The Hall–Kier alpha value is -4.28. The molecule has 1 atom stereocenters. The summed E-state index contributed by atoms with van der Waals surface area (Å²) in [5, 5.41) is 5.38. The summed E-state index contributed by atoms with van der Waals surface area (Å²) in [6.07, 6.45) is 2.69. The number of likely N-dealkylation sites (tertiary alicyclic amines) is 1. The fraction of sp³-hybridized carbons (Fsp3) is 0.333. The molecule has 0 aliphatic carbocycles. The van der Waals surface area contributed by atoms with Crippen LogP contribution in [-0.2, 0) is 11.3 Å². The number of nitrogen functional groups attached to an aromatic ring is 1. The number of nitrogens with two attached hydrogens (primary N) is 1. The van der Waals surface area contributed by atoms with Crippen molar-refractivity contribution in [3.63, 3.8) is 0 Å². The van der Waals surface area contributed by atoms with Gasteiger partial charge in [0.25, 0.3) is 0 Å². The second-order valence-electron chi connectivity index (χ2n) is 10.1. The zero-order valence-corrected chi connectivity index (χ0v) is 21.3. The zero-order valence-electron chi connectivity index (χ0n) is 21.3. The standard InChI is InChI=1S/C27H28F2N6O3/c1-27(2,3)38-26(36)34-13-5-6-17(34)14-35-25-21(24(30)31-15-32-25)23(33-35)16-9-11-18(12-10-16)37-20-8-4-7-19(28)22(20)29/h4,7-12,15,17H,5-6,13-14H2,1-3H3,(H2,30,31,32). The number of amides is 1. The molecular weight excluding hydrogens is 494 g/mol. The second kappa shape index (κ2) is 9.88. The lowest BCUT2D eigenvalue weighted by molar-refractivity contribution is 0.0212. The van der Waals surface area contributed by atoms with Crippen molar-refractivity contribution in [2.24, 2.45) is 0 Å². The fourth-order valence-electron chi connectivity index (χ4n) is 4.52. The fourth-order valence-corrected chi connectivity index (χ4v) is 4.52. The monoisotopic (exact) mass is 522 g/mol. The third-order valence-electron chi connectivity index (χ3n) is 6.22. The van der Waals surface area contributed by atoms with Crippen LogP contribution < -0.4 is 10.5 Å². The Morgan fingerprint density at radius 1 is 1.13 bits per heavy atom. The van der Waals surface area contributed by atoms with Gasteiger partial charge in [0.2, 0.25) is 5.82 Å². The Morgan fingerprint density at radius 3 is 2.63 bits per heavy atom. The molecule has 1 aliphatic heterocycles. The molecule has 9 nitrogen and oxygen atoms in total.